The van der Waals surface area contributed by atoms with Gasteiger partial charge in [-0.15, -0.1) is 11.3 Å². The number of piperazine rings is 1. The molecule has 1 saturated heterocycles. The summed E-state index contributed by atoms with van der Waals surface area (Å²) in [4.78, 5) is 1.04. The van der Waals surface area contributed by atoms with Gasteiger partial charge in [-0.2, -0.15) is 4.31 Å². The average molecular weight is 288 g/mol. The van der Waals surface area contributed by atoms with Crippen molar-refractivity contribution in [2.45, 2.75) is 44.0 Å². The lowest BCUT2D eigenvalue weighted by atomic mass is 10.2. The van der Waals surface area contributed by atoms with Gasteiger partial charge in [-0.25, -0.2) is 8.42 Å². The number of nitrogens with zero attached hydrogens (tertiary/aromatic N) is 1. The van der Waals surface area contributed by atoms with E-state index in [2.05, 4.69) is 5.32 Å². The Bertz CT molecular complexity index is 526. The molecule has 0 amide bonds. The van der Waals surface area contributed by atoms with E-state index in [1.54, 1.807) is 4.31 Å². The highest BCUT2D eigenvalue weighted by atomic mass is 32.2. The van der Waals surface area contributed by atoms with Crippen LogP contribution in [0.4, 0.5) is 0 Å². The molecular formula is C12H20N2O2S2. The molecule has 0 aromatic carbocycles. The van der Waals surface area contributed by atoms with Crippen LogP contribution < -0.4 is 5.32 Å². The number of hydrogen-bond acceptors (Lipinski definition) is 4. The van der Waals surface area contributed by atoms with Crippen LogP contribution in [0.5, 0.6) is 0 Å². The molecule has 1 aliphatic heterocycles. The highest BCUT2D eigenvalue weighted by Crippen LogP contribution is 2.29. The van der Waals surface area contributed by atoms with Crippen LogP contribution in [0.1, 0.15) is 24.3 Å². The molecule has 2 heterocycles. The Hall–Kier alpha value is -0.430. The van der Waals surface area contributed by atoms with E-state index in [1.165, 1.54) is 11.3 Å². The van der Waals surface area contributed by atoms with Crippen molar-refractivity contribution in [3.63, 3.8) is 0 Å². The van der Waals surface area contributed by atoms with Crippen molar-refractivity contribution in [3.8, 4) is 0 Å². The molecule has 0 aliphatic carbocycles. The second-order valence-corrected chi connectivity index (χ2v) is 8.51. The Morgan fingerprint density at radius 3 is 2.28 bits per heavy atom. The van der Waals surface area contributed by atoms with E-state index in [-0.39, 0.29) is 12.1 Å². The van der Waals surface area contributed by atoms with Crippen LogP contribution in [-0.4, -0.2) is 37.9 Å². The molecule has 2 unspecified atom stereocenters. The lowest BCUT2D eigenvalue weighted by molar-refractivity contribution is 0.263. The van der Waals surface area contributed by atoms with E-state index in [1.807, 2.05) is 33.8 Å². The quantitative estimate of drug-likeness (QED) is 0.902. The largest absolute Gasteiger partial charge is 0.309 e. The first kappa shape index (κ1) is 14.0. The SMILES string of the molecule is Cc1cc(C)c(S(=O)(=O)N2CC(C)NC(C)C2)s1. The Balaban J connectivity index is 2.34. The van der Waals surface area contributed by atoms with Gasteiger partial charge in [0.15, 0.2) is 0 Å². The number of hydrogen-bond donors (Lipinski definition) is 1. The molecule has 2 rings (SSSR count). The zero-order valence-corrected chi connectivity index (χ0v) is 12.9. The predicted octanol–water partition coefficient (Wildman–Crippen LogP) is 1.74. The van der Waals surface area contributed by atoms with Crippen LogP contribution in [0.25, 0.3) is 0 Å². The predicted molar refractivity (Wildman–Crippen MR) is 74.6 cm³/mol. The molecule has 1 fully saturated rings. The summed E-state index contributed by atoms with van der Waals surface area (Å²) in [6.07, 6.45) is 0. The summed E-state index contributed by atoms with van der Waals surface area (Å²) in [5.74, 6) is 0. The first-order valence-electron chi connectivity index (χ1n) is 6.14. The van der Waals surface area contributed by atoms with Crippen LogP contribution in [0, 0.1) is 13.8 Å². The van der Waals surface area contributed by atoms with E-state index in [9.17, 15) is 8.42 Å². The van der Waals surface area contributed by atoms with Crippen LogP contribution in [0.15, 0.2) is 10.3 Å². The fourth-order valence-electron chi connectivity index (χ4n) is 2.47. The number of sulfonamides is 1. The summed E-state index contributed by atoms with van der Waals surface area (Å²) < 4.78 is 27.4. The van der Waals surface area contributed by atoms with Gasteiger partial charge in [0.1, 0.15) is 4.21 Å². The van der Waals surface area contributed by atoms with Gasteiger partial charge in [0.2, 0.25) is 0 Å². The Kier molecular flexibility index (Phi) is 3.82. The second-order valence-electron chi connectivity index (χ2n) is 5.12. The molecule has 0 spiro atoms. The van der Waals surface area contributed by atoms with E-state index in [0.717, 1.165) is 10.4 Å². The maximum atomic E-state index is 12.6. The van der Waals surface area contributed by atoms with Gasteiger partial charge in [-0.05, 0) is 39.3 Å². The molecule has 0 radical (unpaired) electrons. The minimum atomic E-state index is -3.33. The highest BCUT2D eigenvalue weighted by molar-refractivity contribution is 7.91. The van der Waals surface area contributed by atoms with Crippen LogP contribution in [0.3, 0.4) is 0 Å². The Morgan fingerprint density at radius 1 is 1.28 bits per heavy atom. The van der Waals surface area contributed by atoms with Crippen molar-refractivity contribution in [2.24, 2.45) is 0 Å². The fraction of sp³-hybridized carbons (Fsp3) is 0.667. The van der Waals surface area contributed by atoms with Gasteiger partial charge in [0.05, 0.1) is 0 Å². The van der Waals surface area contributed by atoms with Gasteiger partial charge >= 0.3 is 0 Å². The van der Waals surface area contributed by atoms with Crippen molar-refractivity contribution in [1.82, 2.24) is 9.62 Å². The third kappa shape index (κ3) is 2.61. The van der Waals surface area contributed by atoms with Crippen LogP contribution in [-0.2, 0) is 10.0 Å². The van der Waals surface area contributed by atoms with Gasteiger partial charge in [0, 0.05) is 30.1 Å². The zero-order chi connectivity index (χ0) is 13.5. The standard InChI is InChI=1S/C12H20N2O2S2/c1-8-5-11(4)17-12(8)18(15,16)14-6-9(2)13-10(3)7-14/h5,9-10,13H,6-7H2,1-4H3. The second kappa shape index (κ2) is 4.92. The topological polar surface area (TPSA) is 49.4 Å². The van der Waals surface area contributed by atoms with Crippen LogP contribution in [0.2, 0.25) is 0 Å². The Labute approximate surface area is 113 Å². The van der Waals surface area contributed by atoms with Gasteiger partial charge in [-0.3, -0.25) is 0 Å². The zero-order valence-electron chi connectivity index (χ0n) is 11.2. The van der Waals surface area contributed by atoms with Crippen molar-refractivity contribution in [2.75, 3.05) is 13.1 Å². The number of thiophene rings is 1. The molecule has 102 valence electrons. The maximum Gasteiger partial charge on any atom is 0.252 e. The van der Waals surface area contributed by atoms with E-state index >= 15 is 0 Å². The molecule has 1 aliphatic rings. The molecule has 1 N–H and O–H groups in total. The molecule has 1 aromatic heterocycles. The Morgan fingerprint density at radius 2 is 1.83 bits per heavy atom. The molecule has 2 atom stereocenters. The molecule has 18 heavy (non-hydrogen) atoms. The monoisotopic (exact) mass is 288 g/mol. The van der Waals surface area contributed by atoms with Gasteiger partial charge < -0.3 is 5.32 Å². The third-order valence-corrected chi connectivity index (χ3v) is 6.69. The summed E-state index contributed by atoms with van der Waals surface area (Å²) in [6.45, 7) is 8.94. The maximum absolute atomic E-state index is 12.6. The molecule has 0 saturated carbocycles. The lowest BCUT2D eigenvalue weighted by Gasteiger charge is -2.35. The normalized spacial score (nSPS) is 26.4. The van der Waals surface area contributed by atoms with Gasteiger partial charge in [0.25, 0.3) is 10.0 Å². The van der Waals surface area contributed by atoms with Crippen molar-refractivity contribution in [3.05, 3.63) is 16.5 Å². The van der Waals surface area contributed by atoms with Crippen molar-refractivity contribution in [1.29, 1.82) is 0 Å². The lowest BCUT2D eigenvalue weighted by Crippen LogP contribution is -2.55. The number of nitrogens with one attached hydrogen (secondary N) is 1. The smallest absolute Gasteiger partial charge is 0.252 e. The third-order valence-electron chi connectivity index (χ3n) is 3.09. The summed E-state index contributed by atoms with van der Waals surface area (Å²) in [7, 11) is -3.33. The molecule has 4 nitrogen and oxygen atoms in total. The van der Waals surface area contributed by atoms with Crippen molar-refractivity contribution >= 4 is 21.4 Å². The van der Waals surface area contributed by atoms with E-state index in [4.69, 9.17) is 0 Å². The molecule has 6 heteroatoms. The minimum Gasteiger partial charge on any atom is -0.309 e. The molecule has 0 bridgehead atoms. The first-order valence-corrected chi connectivity index (χ1v) is 8.39. The van der Waals surface area contributed by atoms with E-state index < -0.39 is 10.0 Å². The van der Waals surface area contributed by atoms with Crippen molar-refractivity contribution < 1.29 is 8.42 Å². The number of rotatable bonds is 2. The summed E-state index contributed by atoms with van der Waals surface area (Å²) in [5.41, 5.74) is 0.858. The average Bonchev–Trinajstić information content (AvgIpc) is 2.57. The first-order chi connectivity index (χ1) is 8.30. The highest BCUT2D eigenvalue weighted by Gasteiger charge is 2.33. The van der Waals surface area contributed by atoms with Gasteiger partial charge in [-0.1, -0.05) is 0 Å². The fourth-order valence-corrected chi connectivity index (χ4v) is 5.89. The minimum absolute atomic E-state index is 0.199. The summed E-state index contributed by atoms with van der Waals surface area (Å²) in [5, 5.41) is 3.35. The molecular weight excluding hydrogens is 268 g/mol. The number of aryl methyl sites for hydroxylation is 2. The summed E-state index contributed by atoms with van der Waals surface area (Å²) in [6, 6.07) is 2.34. The molecule has 1 aromatic rings. The summed E-state index contributed by atoms with van der Waals surface area (Å²) >= 11 is 1.37. The van der Waals surface area contributed by atoms with Crippen LogP contribution >= 0.6 is 11.3 Å². The van der Waals surface area contributed by atoms with E-state index in [0.29, 0.717) is 17.3 Å².